The molecule has 0 aromatic heterocycles. The lowest BCUT2D eigenvalue weighted by Crippen LogP contribution is -2.29. The van der Waals surface area contributed by atoms with Crippen LogP contribution in [0.1, 0.15) is 17.0 Å². The number of amides is 1. The molecule has 0 aliphatic carbocycles. The summed E-state index contributed by atoms with van der Waals surface area (Å²) < 4.78 is 0.970. The van der Waals surface area contributed by atoms with E-state index in [9.17, 15) is 4.79 Å². The Kier molecular flexibility index (Phi) is 5.97. The van der Waals surface area contributed by atoms with Crippen molar-refractivity contribution in [1.82, 2.24) is 5.01 Å². The zero-order valence-electron chi connectivity index (χ0n) is 15.6. The van der Waals surface area contributed by atoms with Gasteiger partial charge in [-0.2, -0.15) is 5.10 Å². The number of rotatable bonds is 5. The number of halogens is 2. The van der Waals surface area contributed by atoms with E-state index in [0.29, 0.717) is 11.6 Å². The van der Waals surface area contributed by atoms with Gasteiger partial charge < -0.3 is 5.32 Å². The predicted molar refractivity (Wildman–Crippen MR) is 122 cm³/mol. The molecule has 1 heterocycles. The summed E-state index contributed by atoms with van der Waals surface area (Å²) in [7, 11) is 0. The fraction of sp³-hybridized carbons (Fsp3) is 0.130. The van der Waals surface area contributed by atoms with Crippen molar-refractivity contribution in [2.75, 3.05) is 18.4 Å². The molecule has 0 bridgehead atoms. The minimum atomic E-state index is -0.0970. The van der Waals surface area contributed by atoms with Crippen LogP contribution in [-0.4, -0.2) is 29.7 Å². The van der Waals surface area contributed by atoms with Crippen molar-refractivity contribution in [3.05, 3.63) is 99.5 Å². The number of nitrogens with zero attached hydrogens (tertiary/aromatic N) is 2. The highest BCUT2D eigenvalue weighted by Crippen LogP contribution is 2.29. The number of carbonyl (C=O) groups is 1. The topological polar surface area (TPSA) is 44.7 Å². The summed E-state index contributed by atoms with van der Waals surface area (Å²) in [5.41, 5.74) is 3.90. The summed E-state index contributed by atoms with van der Waals surface area (Å²) in [4.78, 5) is 12.5. The predicted octanol–water partition coefficient (Wildman–Crippen LogP) is 5.54. The van der Waals surface area contributed by atoms with Crippen LogP contribution < -0.4 is 5.32 Å². The van der Waals surface area contributed by atoms with E-state index in [-0.39, 0.29) is 18.4 Å². The van der Waals surface area contributed by atoms with Crippen molar-refractivity contribution in [2.45, 2.75) is 5.92 Å². The Morgan fingerprint density at radius 3 is 2.41 bits per heavy atom. The van der Waals surface area contributed by atoms with Crippen molar-refractivity contribution in [3.63, 3.8) is 0 Å². The maximum absolute atomic E-state index is 12.5. The number of hydrogen-bond donors (Lipinski definition) is 1. The quantitative estimate of drug-likeness (QED) is 0.534. The van der Waals surface area contributed by atoms with Crippen LogP contribution in [0.15, 0.2) is 88.4 Å². The fourth-order valence-electron chi connectivity index (χ4n) is 3.39. The lowest BCUT2D eigenvalue weighted by molar-refractivity contribution is -0.117. The molecule has 6 heteroatoms. The van der Waals surface area contributed by atoms with E-state index in [2.05, 4.69) is 33.4 Å². The van der Waals surface area contributed by atoms with Gasteiger partial charge in [-0.25, -0.2) is 0 Å². The molecule has 4 rings (SSSR count). The van der Waals surface area contributed by atoms with Crippen molar-refractivity contribution in [2.24, 2.45) is 5.10 Å². The zero-order chi connectivity index (χ0) is 20.2. The molecule has 3 aromatic carbocycles. The summed E-state index contributed by atoms with van der Waals surface area (Å²) >= 11 is 9.45. The Bertz CT molecular complexity index is 1020. The molecule has 1 aliphatic rings. The summed E-state index contributed by atoms with van der Waals surface area (Å²) in [6.07, 6.45) is 0. The second-order valence-corrected chi connectivity index (χ2v) is 8.21. The van der Waals surface area contributed by atoms with E-state index < -0.39 is 0 Å². The van der Waals surface area contributed by atoms with Gasteiger partial charge in [0.2, 0.25) is 5.91 Å². The van der Waals surface area contributed by atoms with Crippen LogP contribution in [0, 0.1) is 0 Å². The first-order chi connectivity index (χ1) is 14.1. The molecule has 1 atom stereocenters. The minimum absolute atomic E-state index is 0.0952. The highest BCUT2D eigenvalue weighted by Gasteiger charge is 2.30. The SMILES string of the molecule is O=C(CN1CC(c2ccccc2)C(c2ccc(Cl)cc2)=N1)Nc1ccc(Br)cc1. The summed E-state index contributed by atoms with van der Waals surface area (Å²) in [5, 5.41) is 10.2. The minimum Gasteiger partial charge on any atom is -0.324 e. The molecule has 3 aromatic rings. The van der Waals surface area contributed by atoms with Crippen LogP contribution >= 0.6 is 27.5 Å². The molecule has 0 saturated carbocycles. The van der Waals surface area contributed by atoms with E-state index in [0.717, 1.165) is 21.4 Å². The third-order valence-corrected chi connectivity index (χ3v) is 5.55. The molecule has 0 fully saturated rings. The molecule has 146 valence electrons. The molecular formula is C23H19BrClN3O. The number of hydrogen-bond acceptors (Lipinski definition) is 3. The molecule has 1 unspecified atom stereocenters. The van der Waals surface area contributed by atoms with Gasteiger partial charge in [0.05, 0.1) is 5.71 Å². The van der Waals surface area contributed by atoms with Crippen LogP contribution in [0.25, 0.3) is 0 Å². The van der Waals surface area contributed by atoms with Crippen LogP contribution in [-0.2, 0) is 4.79 Å². The normalized spacial score (nSPS) is 15.9. The van der Waals surface area contributed by atoms with Gasteiger partial charge >= 0.3 is 0 Å². The van der Waals surface area contributed by atoms with Gasteiger partial charge in [-0.15, -0.1) is 0 Å². The van der Waals surface area contributed by atoms with Gasteiger partial charge in [-0.05, 0) is 47.5 Å². The number of anilines is 1. The first-order valence-electron chi connectivity index (χ1n) is 9.28. The molecule has 1 amide bonds. The number of hydrazone groups is 1. The van der Waals surface area contributed by atoms with Gasteiger partial charge in [0.25, 0.3) is 0 Å². The second kappa shape index (κ2) is 8.80. The van der Waals surface area contributed by atoms with Crippen molar-refractivity contribution >= 4 is 44.8 Å². The monoisotopic (exact) mass is 467 g/mol. The molecule has 0 saturated heterocycles. The zero-order valence-corrected chi connectivity index (χ0v) is 17.9. The van der Waals surface area contributed by atoms with Crippen LogP contribution in [0.2, 0.25) is 5.02 Å². The average Bonchev–Trinajstić information content (AvgIpc) is 3.14. The summed E-state index contributed by atoms with van der Waals surface area (Å²) in [5.74, 6) is -0.00176. The summed E-state index contributed by atoms with van der Waals surface area (Å²) in [6, 6.07) is 25.4. The molecule has 29 heavy (non-hydrogen) atoms. The molecule has 1 N–H and O–H groups in total. The standard InChI is InChI=1S/C23H19BrClN3O/c24-18-8-12-20(13-9-18)26-22(29)15-28-14-21(16-4-2-1-3-5-16)23(27-28)17-6-10-19(25)11-7-17/h1-13,21H,14-15H2,(H,26,29). The first kappa shape index (κ1) is 19.7. The van der Waals surface area contributed by atoms with Gasteiger partial charge in [0.1, 0.15) is 6.54 Å². The maximum atomic E-state index is 12.5. The van der Waals surface area contributed by atoms with Crippen LogP contribution in [0.4, 0.5) is 5.69 Å². The highest BCUT2D eigenvalue weighted by atomic mass is 79.9. The highest BCUT2D eigenvalue weighted by molar-refractivity contribution is 9.10. The molecule has 4 nitrogen and oxygen atoms in total. The van der Waals surface area contributed by atoms with Gasteiger partial charge in [-0.3, -0.25) is 9.80 Å². The molecule has 0 spiro atoms. The van der Waals surface area contributed by atoms with Crippen molar-refractivity contribution in [1.29, 1.82) is 0 Å². The van der Waals surface area contributed by atoms with E-state index in [1.54, 1.807) is 0 Å². The average molecular weight is 469 g/mol. The largest absolute Gasteiger partial charge is 0.324 e. The van der Waals surface area contributed by atoms with E-state index in [1.165, 1.54) is 5.56 Å². The van der Waals surface area contributed by atoms with E-state index in [1.807, 2.05) is 71.7 Å². The Balaban J connectivity index is 1.53. The smallest absolute Gasteiger partial charge is 0.245 e. The Morgan fingerprint density at radius 2 is 1.72 bits per heavy atom. The third-order valence-electron chi connectivity index (χ3n) is 4.77. The maximum Gasteiger partial charge on any atom is 0.245 e. The van der Waals surface area contributed by atoms with E-state index in [4.69, 9.17) is 16.7 Å². The number of carbonyl (C=O) groups excluding carboxylic acids is 1. The summed E-state index contributed by atoms with van der Waals surface area (Å²) in [6.45, 7) is 0.840. The van der Waals surface area contributed by atoms with Gasteiger partial charge in [0, 0.05) is 27.6 Å². The Hall–Kier alpha value is -2.63. The number of benzene rings is 3. The van der Waals surface area contributed by atoms with Crippen LogP contribution in [0.5, 0.6) is 0 Å². The van der Waals surface area contributed by atoms with Crippen molar-refractivity contribution < 1.29 is 4.79 Å². The van der Waals surface area contributed by atoms with Crippen LogP contribution in [0.3, 0.4) is 0 Å². The third kappa shape index (κ3) is 4.86. The fourth-order valence-corrected chi connectivity index (χ4v) is 3.78. The lowest BCUT2D eigenvalue weighted by atomic mass is 9.91. The van der Waals surface area contributed by atoms with Crippen molar-refractivity contribution in [3.8, 4) is 0 Å². The Labute approximate surface area is 183 Å². The molecule has 1 aliphatic heterocycles. The second-order valence-electron chi connectivity index (χ2n) is 6.86. The first-order valence-corrected chi connectivity index (χ1v) is 10.5. The van der Waals surface area contributed by atoms with Gasteiger partial charge in [0.15, 0.2) is 0 Å². The van der Waals surface area contributed by atoms with E-state index >= 15 is 0 Å². The lowest BCUT2D eigenvalue weighted by Gasteiger charge is -2.16. The number of nitrogens with one attached hydrogen (secondary N) is 1. The van der Waals surface area contributed by atoms with Gasteiger partial charge in [-0.1, -0.05) is 70.0 Å². The molecular weight excluding hydrogens is 450 g/mol. The Morgan fingerprint density at radius 1 is 1.03 bits per heavy atom. The molecule has 0 radical (unpaired) electrons.